The van der Waals surface area contributed by atoms with E-state index in [1.165, 1.54) is 12.1 Å². The van der Waals surface area contributed by atoms with Gasteiger partial charge in [-0.15, -0.1) is 0 Å². The second kappa shape index (κ2) is 16.6. The molecule has 0 saturated heterocycles. The number of H-pyrrole nitrogens is 2. The largest absolute Gasteiger partial charge is 0.508 e. The molecule has 2 heterocycles. The monoisotopic (exact) mass is 681 g/mol. The van der Waals surface area contributed by atoms with Crippen LogP contribution in [0, 0.1) is 0 Å². The fourth-order valence-corrected chi connectivity index (χ4v) is 6.01. The van der Waals surface area contributed by atoms with Crippen LogP contribution in [0.25, 0.3) is 21.8 Å². The van der Waals surface area contributed by atoms with Crippen LogP contribution in [0.4, 0.5) is 0 Å². The summed E-state index contributed by atoms with van der Waals surface area (Å²) in [6.07, 6.45) is 5.05. The third kappa shape index (κ3) is 9.07. The summed E-state index contributed by atoms with van der Waals surface area (Å²) in [5.41, 5.74) is 15.8. The molecule has 4 unspecified atom stereocenters. The number of phenolic OH excluding ortho intramolecular Hbond substituents is 1. The van der Waals surface area contributed by atoms with Crippen molar-refractivity contribution >= 4 is 45.5 Å². The number of aromatic nitrogens is 2. The number of para-hydroxylation sites is 2. The molecule has 13 nitrogen and oxygen atoms in total. The van der Waals surface area contributed by atoms with Crippen molar-refractivity contribution in [3.05, 3.63) is 102 Å². The highest BCUT2D eigenvalue weighted by Gasteiger charge is 2.31. The molecule has 0 aliphatic heterocycles. The van der Waals surface area contributed by atoms with Crippen LogP contribution in [0.15, 0.2) is 85.2 Å². The summed E-state index contributed by atoms with van der Waals surface area (Å²) in [7, 11) is 0. The molecule has 5 aromatic rings. The molecule has 11 N–H and O–H groups in total. The molecule has 0 radical (unpaired) electrons. The lowest BCUT2D eigenvalue weighted by Crippen LogP contribution is -2.58. The summed E-state index contributed by atoms with van der Waals surface area (Å²) < 4.78 is 0. The Labute approximate surface area is 288 Å². The van der Waals surface area contributed by atoms with Crippen LogP contribution < -0.4 is 27.4 Å². The number of hydrogen-bond acceptors (Lipinski definition) is 7. The number of phenols is 1. The first-order valence-corrected chi connectivity index (χ1v) is 16.6. The van der Waals surface area contributed by atoms with Crippen molar-refractivity contribution in [3.63, 3.8) is 0 Å². The predicted octanol–water partition coefficient (Wildman–Crippen LogP) is 2.38. The van der Waals surface area contributed by atoms with E-state index in [-0.39, 0.29) is 31.4 Å². The van der Waals surface area contributed by atoms with E-state index < -0.39 is 47.9 Å². The molecule has 0 bridgehead atoms. The first-order chi connectivity index (χ1) is 24.1. The van der Waals surface area contributed by atoms with Gasteiger partial charge in [-0.25, -0.2) is 4.79 Å². The first-order valence-electron chi connectivity index (χ1n) is 16.6. The molecule has 5 rings (SSSR count). The van der Waals surface area contributed by atoms with Gasteiger partial charge in [0.05, 0.1) is 6.04 Å². The zero-order valence-electron chi connectivity index (χ0n) is 27.5. The van der Waals surface area contributed by atoms with Crippen molar-refractivity contribution in [1.29, 1.82) is 0 Å². The second-order valence-electron chi connectivity index (χ2n) is 12.4. The number of hydrogen-bond donors (Lipinski definition) is 9. The molecular formula is C37H43N7O6. The van der Waals surface area contributed by atoms with E-state index in [1.54, 1.807) is 24.5 Å². The average molecular weight is 682 g/mol. The third-order valence-electron chi connectivity index (χ3n) is 8.75. The first kappa shape index (κ1) is 35.6. The number of aromatic hydroxyl groups is 1. The number of aliphatic carboxylic acids is 1. The van der Waals surface area contributed by atoms with Crippen LogP contribution in [0.2, 0.25) is 0 Å². The van der Waals surface area contributed by atoms with Gasteiger partial charge in [-0.05, 0) is 73.2 Å². The number of nitrogens with one attached hydrogen (secondary N) is 5. The summed E-state index contributed by atoms with van der Waals surface area (Å²) in [4.78, 5) is 59.9. The number of carboxylic acid groups (broad SMARTS) is 1. The van der Waals surface area contributed by atoms with E-state index >= 15 is 0 Å². The van der Waals surface area contributed by atoms with Crippen LogP contribution in [0.3, 0.4) is 0 Å². The van der Waals surface area contributed by atoms with Crippen LogP contribution in [-0.2, 0) is 38.4 Å². The average Bonchev–Trinajstić information content (AvgIpc) is 3.72. The van der Waals surface area contributed by atoms with Crippen molar-refractivity contribution in [2.24, 2.45) is 11.5 Å². The Balaban J connectivity index is 1.41. The van der Waals surface area contributed by atoms with E-state index in [1.807, 2.05) is 48.5 Å². The lowest BCUT2D eigenvalue weighted by Gasteiger charge is -2.25. The van der Waals surface area contributed by atoms with Crippen molar-refractivity contribution < 1.29 is 29.4 Å². The van der Waals surface area contributed by atoms with Crippen LogP contribution >= 0.6 is 0 Å². The van der Waals surface area contributed by atoms with Crippen molar-refractivity contribution in [3.8, 4) is 5.75 Å². The SMILES string of the molecule is NCCCCC(NC(=O)C(Cc1c[nH]c2ccccc12)NC(=O)C(Cc1c[nH]c2ccccc12)NC(=O)C(N)Cc1ccc(O)cc1)C(=O)O. The molecular weight excluding hydrogens is 638 g/mol. The molecule has 0 fully saturated rings. The number of rotatable bonds is 17. The summed E-state index contributed by atoms with van der Waals surface area (Å²) >= 11 is 0. The molecule has 262 valence electrons. The lowest BCUT2D eigenvalue weighted by atomic mass is 10.00. The molecule has 3 amide bonds. The van der Waals surface area contributed by atoms with Crippen LogP contribution in [-0.4, -0.2) is 74.6 Å². The Bertz CT molecular complexity index is 1940. The van der Waals surface area contributed by atoms with Crippen LogP contribution in [0.1, 0.15) is 36.0 Å². The fourth-order valence-electron chi connectivity index (χ4n) is 6.01. The second-order valence-corrected chi connectivity index (χ2v) is 12.4. The minimum atomic E-state index is -1.19. The summed E-state index contributed by atoms with van der Waals surface area (Å²) in [5.74, 6) is -3.01. The maximum absolute atomic E-state index is 14.2. The van der Waals surface area contributed by atoms with E-state index in [9.17, 15) is 29.4 Å². The summed E-state index contributed by atoms with van der Waals surface area (Å²) in [6, 6.07) is 16.8. The van der Waals surface area contributed by atoms with E-state index in [4.69, 9.17) is 11.5 Å². The molecule has 2 aromatic heterocycles. The highest BCUT2D eigenvalue weighted by molar-refractivity contribution is 5.95. The van der Waals surface area contributed by atoms with Crippen molar-refractivity contribution in [2.45, 2.75) is 62.7 Å². The van der Waals surface area contributed by atoms with Gasteiger partial charge < -0.3 is 47.6 Å². The van der Waals surface area contributed by atoms with E-state index in [2.05, 4.69) is 25.9 Å². The normalized spacial score (nSPS) is 13.7. The van der Waals surface area contributed by atoms with Gasteiger partial charge in [-0.1, -0.05) is 48.5 Å². The number of aromatic amines is 2. The Kier molecular flexibility index (Phi) is 11.9. The lowest BCUT2D eigenvalue weighted by molar-refractivity contribution is -0.142. The molecule has 50 heavy (non-hydrogen) atoms. The Morgan fingerprint density at radius 1 is 0.660 bits per heavy atom. The standard InChI is InChI=1S/C37H43N7O6/c38-16-6-5-11-31(37(49)50)42-35(47)33(19-24-21-41-30-10-4-2-8-27(24)30)44-36(48)32(18-23-20-40-29-9-3-1-7-26(23)29)43-34(46)28(39)17-22-12-14-25(45)15-13-22/h1-4,7-10,12-15,20-21,28,31-33,40-41,45H,5-6,11,16-19,38-39H2,(H,42,47)(H,43,46)(H,44,48)(H,49,50). The van der Waals surface area contributed by atoms with Crippen LogP contribution in [0.5, 0.6) is 5.75 Å². The summed E-state index contributed by atoms with van der Waals surface area (Å²) in [5, 5.41) is 29.4. The van der Waals surface area contributed by atoms with Gasteiger partial charge in [0.2, 0.25) is 17.7 Å². The molecule has 0 spiro atoms. The maximum Gasteiger partial charge on any atom is 0.326 e. The third-order valence-corrected chi connectivity index (χ3v) is 8.75. The number of carbonyl (C=O) groups excluding carboxylic acids is 3. The van der Waals surface area contributed by atoms with Gasteiger partial charge in [0.1, 0.15) is 23.9 Å². The van der Waals surface area contributed by atoms with Gasteiger partial charge in [-0.2, -0.15) is 0 Å². The van der Waals surface area contributed by atoms with Gasteiger partial charge in [0.15, 0.2) is 0 Å². The number of nitrogens with two attached hydrogens (primary N) is 2. The smallest absolute Gasteiger partial charge is 0.326 e. The number of carboxylic acids is 1. The summed E-state index contributed by atoms with van der Waals surface area (Å²) in [6.45, 7) is 0.391. The fraction of sp³-hybridized carbons (Fsp3) is 0.297. The maximum atomic E-state index is 14.2. The highest BCUT2D eigenvalue weighted by atomic mass is 16.4. The number of benzene rings is 3. The number of unbranched alkanes of at least 4 members (excludes halogenated alkanes) is 1. The topological polar surface area (TPSA) is 228 Å². The van der Waals surface area contributed by atoms with Crippen molar-refractivity contribution in [1.82, 2.24) is 25.9 Å². The number of carbonyl (C=O) groups is 4. The van der Waals surface area contributed by atoms with E-state index in [0.717, 1.165) is 38.5 Å². The predicted molar refractivity (Wildman–Crippen MR) is 190 cm³/mol. The molecule has 0 aliphatic rings. The van der Waals surface area contributed by atoms with Gasteiger partial charge in [0, 0.05) is 47.0 Å². The van der Waals surface area contributed by atoms with Gasteiger partial charge in [0.25, 0.3) is 0 Å². The molecule has 0 saturated carbocycles. The quantitative estimate of drug-likeness (QED) is 0.0660. The molecule has 0 aliphatic carbocycles. The van der Waals surface area contributed by atoms with Gasteiger partial charge >= 0.3 is 5.97 Å². The van der Waals surface area contributed by atoms with E-state index in [0.29, 0.717) is 19.4 Å². The molecule has 4 atom stereocenters. The minimum Gasteiger partial charge on any atom is -0.508 e. The minimum absolute atomic E-state index is 0.0465. The number of fused-ring (bicyclic) bond motifs is 2. The highest BCUT2D eigenvalue weighted by Crippen LogP contribution is 2.21. The Hall–Kier alpha value is -5.66. The molecule has 3 aromatic carbocycles. The Morgan fingerprint density at radius 2 is 1.16 bits per heavy atom. The molecule has 13 heteroatoms. The zero-order chi connectivity index (χ0) is 35.6. The van der Waals surface area contributed by atoms with Gasteiger partial charge in [-0.3, -0.25) is 14.4 Å². The zero-order valence-corrected chi connectivity index (χ0v) is 27.5. The van der Waals surface area contributed by atoms with Crippen molar-refractivity contribution in [2.75, 3.05) is 6.54 Å². The Morgan fingerprint density at radius 3 is 1.68 bits per heavy atom. The number of amides is 3.